The number of nitrogens with zero attached hydrogens (tertiary/aromatic N) is 2. The van der Waals surface area contributed by atoms with Crippen molar-refractivity contribution in [3.8, 4) is 0 Å². The first-order valence-electron chi connectivity index (χ1n) is 4.27. The molecule has 1 heterocycles. The zero-order valence-electron chi connectivity index (χ0n) is 8.32. The number of hydrogen-bond acceptors (Lipinski definition) is 4. The Hall–Kier alpha value is -0.450. The molecule has 1 aromatic heterocycles. The highest BCUT2D eigenvalue weighted by Gasteiger charge is 2.15. The summed E-state index contributed by atoms with van der Waals surface area (Å²) in [7, 11) is 1.99. The molecule has 0 atom stereocenters. The Bertz CT molecular complexity index is 241. The van der Waals surface area contributed by atoms with Crippen LogP contribution >= 0.6 is 11.3 Å². The van der Waals surface area contributed by atoms with Crippen molar-refractivity contribution < 1.29 is 5.11 Å². The molecule has 0 unspecified atom stereocenters. The maximum Gasteiger partial charge on any atom is 0.107 e. The van der Waals surface area contributed by atoms with Gasteiger partial charge in [0.1, 0.15) is 5.01 Å². The van der Waals surface area contributed by atoms with Crippen LogP contribution in [-0.2, 0) is 6.54 Å². The van der Waals surface area contributed by atoms with Gasteiger partial charge >= 0.3 is 0 Å². The van der Waals surface area contributed by atoms with Gasteiger partial charge in [-0.2, -0.15) is 0 Å². The van der Waals surface area contributed by atoms with Gasteiger partial charge in [-0.1, -0.05) is 0 Å². The molecule has 1 rings (SSSR count). The molecule has 0 bridgehead atoms. The van der Waals surface area contributed by atoms with Crippen LogP contribution in [0.15, 0.2) is 11.6 Å². The molecule has 0 amide bonds. The minimum absolute atomic E-state index is 0.633. The van der Waals surface area contributed by atoms with Crippen LogP contribution < -0.4 is 0 Å². The molecule has 0 fully saturated rings. The van der Waals surface area contributed by atoms with Crippen molar-refractivity contribution in [2.24, 2.45) is 0 Å². The maximum absolute atomic E-state index is 9.56. The number of aliphatic hydroxyl groups is 1. The van der Waals surface area contributed by atoms with Crippen LogP contribution in [0.4, 0.5) is 0 Å². The highest BCUT2D eigenvalue weighted by molar-refractivity contribution is 7.09. The maximum atomic E-state index is 9.56. The van der Waals surface area contributed by atoms with Crippen LogP contribution in [0.25, 0.3) is 0 Å². The fraction of sp³-hybridized carbons (Fsp3) is 0.667. The van der Waals surface area contributed by atoms with Crippen LogP contribution in [0.3, 0.4) is 0 Å². The van der Waals surface area contributed by atoms with Crippen molar-refractivity contribution in [2.75, 3.05) is 13.6 Å². The number of rotatable bonds is 4. The van der Waals surface area contributed by atoms with E-state index in [0.717, 1.165) is 11.6 Å². The van der Waals surface area contributed by atoms with Crippen molar-refractivity contribution in [1.29, 1.82) is 0 Å². The molecule has 0 saturated carbocycles. The average Bonchev–Trinajstić information content (AvgIpc) is 2.34. The number of aromatic nitrogens is 1. The lowest BCUT2D eigenvalue weighted by Crippen LogP contribution is -2.35. The third kappa shape index (κ3) is 4.36. The minimum atomic E-state index is -0.633. The first-order chi connectivity index (χ1) is 5.97. The van der Waals surface area contributed by atoms with E-state index in [0.29, 0.717) is 6.54 Å². The van der Waals surface area contributed by atoms with E-state index in [9.17, 15) is 5.11 Å². The largest absolute Gasteiger partial charge is 0.389 e. The summed E-state index contributed by atoms with van der Waals surface area (Å²) in [6.07, 6.45) is 1.80. The molecule has 0 aliphatic heterocycles. The summed E-state index contributed by atoms with van der Waals surface area (Å²) >= 11 is 1.64. The van der Waals surface area contributed by atoms with Gasteiger partial charge < -0.3 is 5.11 Å². The second kappa shape index (κ2) is 4.17. The fourth-order valence-electron chi connectivity index (χ4n) is 1.28. The topological polar surface area (TPSA) is 36.4 Å². The summed E-state index contributed by atoms with van der Waals surface area (Å²) in [5.74, 6) is 0. The SMILES string of the molecule is CN(Cc1nccs1)CC(C)(C)O. The normalized spacial score (nSPS) is 12.4. The van der Waals surface area contributed by atoms with E-state index in [2.05, 4.69) is 9.88 Å². The Morgan fingerprint density at radius 3 is 2.77 bits per heavy atom. The number of hydrogen-bond donors (Lipinski definition) is 1. The summed E-state index contributed by atoms with van der Waals surface area (Å²) in [6.45, 7) is 5.09. The zero-order valence-corrected chi connectivity index (χ0v) is 9.14. The van der Waals surface area contributed by atoms with Gasteiger partial charge in [-0.25, -0.2) is 4.98 Å². The van der Waals surface area contributed by atoms with Crippen LogP contribution in [0.1, 0.15) is 18.9 Å². The van der Waals surface area contributed by atoms with Gasteiger partial charge in [0.05, 0.1) is 12.1 Å². The van der Waals surface area contributed by atoms with Crippen molar-refractivity contribution in [1.82, 2.24) is 9.88 Å². The Morgan fingerprint density at radius 1 is 1.62 bits per heavy atom. The first-order valence-corrected chi connectivity index (χ1v) is 5.15. The van der Waals surface area contributed by atoms with E-state index in [-0.39, 0.29) is 0 Å². The lowest BCUT2D eigenvalue weighted by molar-refractivity contribution is 0.0424. The Morgan fingerprint density at radius 2 is 2.31 bits per heavy atom. The molecule has 0 radical (unpaired) electrons. The van der Waals surface area contributed by atoms with E-state index in [1.165, 1.54) is 0 Å². The second-order valence-corrected chi connectivity index (χ2v) is 4.89. The predicted molar refractivity (Wildman–Crippen MR) is 54.7 cm³/mol. The van der Waals surface area contributed by atoms with Gasteiger partial charge in [0, 0.05) is 18.1 Å². The Kier molecular flexibility index (Phi) is 3.41. The van der Waals surface area contributed by atoms with Crippen LogP contribution in [-0.4, -0.2) is 34.2 Å². The minimum Gasteiger partial charge on any atom is -0.389 e. The molecule has 13 heavy (non-hydrogen) atoms. The Labute approximate surface area is 83.0 Å². The predicted octanol–water partition coefficient (Wildman–Crippen LogP) is 1.35. The van der Waals surface area contributed by atoms with Gasteiger partial charge in [0.2, 0.25) is 0 Å². The van der Waals surface area contributed by atoms with E-state index in [1.807, 2.05) is 26.3 Å². The summed E-state index contributed by atoms with van der Waals surface area (Å²) in [6, 6.07) is 0. The molecule has 4 heteroatoms. The number of thiazole rings is 1. The number of likely N-dealkylation sites (N-methyl/N-ethyl adjacent to an activating group) is 1. The molecular formula is C9H16N2OS. The van der Waals surface area contributed by atoms with Gasteiger partial charge in [0.15, 0.2) is 0 Å². The first kappa shape index (κ1) is 10.6. The summed E-state index contributed by atoms with van der Waals surface area (Å²) in [5.41, 5.74) is -0.633. The van der Waals surface area contributed by atoms with Crippen LogP contribution in [0.5, 0.6) is 0 Å². The second-order valence-electron chi connectivity index (χ2n) is 3.91. The van der Waals surface area contributed by atoms with Crippen molar-refractivity contribution in [3.05, 3.63) is 16.6 Å². The molecule has 3 nitrogen and oxygen atoms in total. The molecule has 1 N–H and O–H groups in total. The van der Waals surface area contributed by atoms with Gasteiger partial charge in [-0.05, 0) is 20.9 Å². The summed E-state index contributed by atoms with van der Waals surface area (Å²) < 4.78 is 0. The summed E-state index contributed by atoms with van der Waals surface area (Å²) in [4.78, 5) is 6.25. The molecular weight excluding hydrogens is 184 g/mol. The molecule has 1 aromatic rings. The molecule has 0 spiro atoms. The third-order valence-corrected chi connectivity index (χ3v) is 2.31. The van der Waals surface area contributed by atoms with E-state index < -0.39 is 5.60 Å². The molecule has 0 aliphatic carbocycles. The van der Waals surface area contributed by atoms with Crippen molar-refractivity contribution in [3.63, 3.8) is 0 Å². The van der Waals surface area contributed by atoms with Crippen molar-refractivity contribution >= 4 is 11.3 Å². The Balaban J connectivity index is 2.38. The smallest absolute Gasteiger partial charge is 0.107 e. The highest BCUT2D eigenvalue weighted by Crippen LogP contribution is 2.09. The van der Waals surface area contributed by atoms with E-state index >= 15 is 0 Å². The third-order valence-electron chi connectivity index (χ3n) is 1.55. The lowest BCUT2D eigenvalue weighted by atomic mass is 10.1. The zero-order chi connectivity index (χ0) is 9.90. The molecule has 0 saturated heterocycles. The van der Waals surface area contributed by atoms with Gasteiger partial charge in [-0.3, -0.25) is 4.90 Å². The molecule has 0 aliphatic rings. The average molecular weight is 200 g/mol. The van der Waals surface area contributed by atoms with Gasteiger partial charge in [0.25, 0.3) is 0 Å². The standard InChI is InChI=1S/C9H16N2OS/c1-9(2,12)7-11(3)6-8-10-4-5-13-8/h4-5,12H,6-7H2,1-3H3. The summed E-state index contributed by atoms with van der Waals surface area (Å²) in [5, 5.41) is 12.6. The quantitative estimate of drug-likeness (QED) is 0.797. The monoisotopic (exact) mass is 200 g/mol. The van der Waals surface area contributed by atoms with E-state index in [4.69, 9.17) is 0 Å². The lowest BCUT2D eigenvalue weighted by Gasteiger charge is -2.24. The van der Waals surface area contributed by atoms with Crippen LogP contribution in [0.2, 0.25) is 0 Å². The molecule has 74 valence electrons. The van der Waals surface area contributed by atoms with Crippen molar-refractivity contribution in [2.45, 2.75) is 26.0 Å². The highest BCUT2D eigenvalue weighted by atomic mass is 32.1. The van der Waals surface area contributed by atoms with E-state index in [1.54, 1.807) is 17.5 Å². The fourth-order valence-corrected chi connectivity index (χ4v) is 1.97. The molecule has 0 aromatic carbocycles. The van der Waals surface area contributed by atoms with Crippen LogP contribution in [0, 0.1) is 0 Å². The van der Waals surface area contributed by atoms with Gasteiger partial charge in [-0.15, -0.1) is 11.3 Å².